The zero-order chi connectivity index (χ0) is 24.7. The van der Waals surface area contributed by atoms with Gasteiger partial charge in [0.1, 0.15) is 12.2 Å². The molecule has 2 fully saturated rings. The number of nitriles is 1. The fraction of sp³-hybridized carbons (Fsp3) is 0.440. The van der Waals surface area contributed by atoms with Gasteiger partial charge in [-0.1, -0.05) is 0 Å². The highest BCUT2D eigenvalue weighted by Crippen LogP contribution is 2.37. The van der Waals surface area contributed by atoms with Crippen molar-refractivity contribution in [3.05, 3.63) is 47.8 Å². The van der Waals surface area contributed by atoms with Crippen LogP contribution in [-0.4, -0.2) is 62.2 Å². The maximum Gasteiger partial charge on any atom is 0.255 e. The number of hydrogen-bond acceptors (Lipinski definition) is 7. The Kier molecular flexibility index (Phi) is 5.91. The van der Waals surface area contributed by atoms with Crippen molar-refractivity contribution in [3.63, 3.8) is 0 Å². The number of alkyl halides is 1. The van der Waals surface area contributed by atoms with E-state index in [2.05, 4.69) is 26.8 Å². The molecule has 3 aromatic heterocycles. The van der Waals surface area contributed by atoms with Crippen molar-refractivity contribution in [1.29, 1.82) is 5.26 Å². The highest BCUT2D eigenvalue weighted by Gasteiger charge is 2.41. The number of carbonyl (C=O) groups excluding carboxylic acids is 1. The summed E-state index contributed by atoms with van der Waals surface area (Å²) in [6.07, 6.45) is 4.49. The second-order valence-corrected chi connectivity index (χ2v) is 9.72. The number of rotatable bonds is 7. The molecule has 1 amide bonds. The molecule has 0 saturated carbocycles. The first kappa shape index (κ1) is 23.2. The molecule has 182 valence electrons. The van der Waals surface area contributed by atoms with E-state index >= 15 is 0 Å². The van der Waals surface area contributed by atoms with Gasteiger partial charge in [0.15, 0.2) is 0 Å². The van der Waals surface area contributed by atoms with E-state index in [1.165, 1.54) is 26.2 Å². The summed E-state index contributed by atoms with van der Waals surface area (Å²) >= 11 is 0. The maximum absolute atomic E-state index is 14.2. The van der Waals surface area contributed by atoms with Crippen molar-refractivity contribution in [3.8, 4) is 17.5 Å². The number of hydrogen-bond donors (Lipinski definition) is 3. The number of fused-ring (bicyclic) bond motifs is 3. The van der Waals surface area contributed by atoms with Crippen molar-refractivity contribution in [2.75, 3.05) is 11.9 Å². The van der Waals surface area contributed by atoms with Gasteiger partial charge in [0.25, 0.3) is 5.91 Å². The third-order valence-corrected chi connectivity index (χ3v) is 6.70. The van der Waals surface area contributed by atoms with Crippen LogP contribution in [0.3, 0.4) is 0 Å². The molecule has 10 heteroatoms. The molecule has 3 N–H and O–H groups in total. The van der Waals surface area contributed by atoms with E-state index in [1.807, 2.05) is 12.1 Å². The molecule has 0 aliphatic carbocycles. The Bertz CT molecular complexity index is 1310. The molecule has 35 heavy (non-hydrogen) atoms. The van der Waals surface area contributed by atoms with Crippen LogP contribution in [0.1, 0.15) is 49.0 Å². The zero-order valence-electron chi connectivity index (χ0n) is 19.5. The highest BCUT2D eigenvalue weighted by molar-refractivity contribution is 6.00. The minimum Gasteiger partial charge on any atom is -0.387 e. The van der Waals surface area contributed by atoms with Crippen molar-refractivity contribution in [2.45, 2.75) is 63.1 Å². The van der Waals surface area contributed by atoms with Gasteiger partial charge in [-0.3, -0.25) is 9.78 Å². The normalized spacial score (nSPS) is 22.2. The van der Waals surface area contributed by atoms with Crippen LogP contribution in [0.5, 0.6) is 0 Å². The summed E-state index contributed by atoms with van der Waals surface area (Å²) in [4.78, 5) is 17.5. The lowest BCUT2D eigenvalue weighted by Gasteiger charge is -2.24. The smallest absolute Gasteiger partial charge is 0.255 e. The third-order valence-electron chi connectivity index (χ3n) is 6.70. The second kappa shape index (κ2) is 8.91. The first-order valence-corrected chi connectivity index (χ1v) is 11.7. The predicted octanol–water partition coefficient (Wildman–Crippen LogP) is 2.84. The average Bonchev–Trinajstić information content (AvgIpc) is 3.57. The Morgan fingerprint density at radius 2 is 2.20 bits per heavy atom. The van der Waals surface area contributed by atoms with Crippen molar-refractivity contribution in [2.24, 2.45) is 0 Å². The number of carbonyl (C=O) groups is 1. The van der Waals surface area contributed by atoms with Gasteiger partial charge in [0, 0.05) is 6.20 Å². The predicted molar refractivity (Wildman–Crippen MR) is 127 cm³/mol. The van der Waals surface area contributed by atoms with Gasteiger partial charge >= 0.3 is 0 Å². The topological polar surface area (TPSA) is 125 Å². The van der Waals surface area contributed by atoms with E-state index < -0.39 is 17.7 Å². The molecule has 2 saturated heterocycles. The molecule has 2 aliphatic heterocycles. The number of amides is 1. The Morgan fingerprint density at radius 3 is 2.89 bits per heavy atom. The lowest BCUT2D eigenvalue weighted by atomic mass is 9.95. The lowest BCUT2D eigenvalue weighted by Crippen LogP contribution is -2.42. The SMILES string of the molecule is CC(C)(O)[C@H](F)CNC(=O)c1cnc(-c2ccc3cc(C#N)cnn23)cc1N[C@@H]1C[C@H]2CC[C@@H]1O2. The lowest BCUT2D eigenvalue weighted by molar-refractivity contribution is -0.00177. The van der Waals surface area contributed by atoms with Crippen LogP contribution in [-0.2, 0) is 4.74 Å². The first-order valence-electron chi connectivity index (χ1n) is 11.7. The van der Waals surface area contributed by atoms with Gasteiger partial charge in [-0.25, -0.2) is 8.91 Å². The number of halogens is 1. The Balaban J connectivity index is 1.46. The van der Waals surface area contributed by atoms with Crippen molar-refractivity contribution >= 4 is 17.1 Å². The van der Waals surface area contributed by atoms with E-state index in [4.69, 9.17) is 10.00 Å². The van der Waals surface area contributed by atoms with Crippen LogP contribution in [0.25, 0.3) is 16.9 Å². The maximum atomic E-state index is 14.2. The van der Waals surface area contributed by atoms with Crippen molar-refractivity contribution in [1.82, 2.24) is 19.9 Å². The summed E-state index contributed by atoms with van der Waals surface area (Å²) in [5.74, 6) is -0.487. The Hall–Kier alpha value is -3.55. The monoisotopic (exact) mass is 478 g/mol. The number of pyridine rings is 1. The van der Waals surface area contributed by atoms with Gasteiger partial charge in [0.05, 0.1) is 70.3 Å². The molecule has 0 spiro atoms. The van der Waals surface area contributed by atoms with Crippen LogP contribution in [0.15, 0.2) is 36.7 Å². The van der Waals surface area contributed by atoms with Crippen molar-refractivity contribution < 1.29 is 19.0 Å². The molecule has 4 atom stereocenters. The summed E-state index contributed by atoms with van der Waals surface area (Å²) in [6, 6.07) is 9.36. The van der Waals surface area contributed by atoms with Gasteiger partial charge < -0.3 is 20.5 Å². The molecule has 2 bridgehead atoms. The van der Waals surface area contributed by atoms with Gasteiger partial charge in [0.2, 0.25) is 0 Å². The van der Waals surface area contributed by atoms with Gasteiger partial charge in [-0.2, -0.15) is 10.4 Å². The van der Waals surface area contributed by atoms with Gasteiger partial charge in [-0.05, 0) is 57.4 Å². The van der Waals surface area contributed by atoms with Crippen LogP contribution < -0.4 is 10.6 Å². The highest BCUT2D eigenvalue weighted by atomic mass is 19.1. The van der Waals surface area contributed by atoms with Gasteiger partial charge in [-0.15, -0.1) is 0 Å². The first-order chi connectivity index (χ1) is 16.7. The minimum absolute atomic E-state index is 0.0567. The van der Waals surface area contributed by atoms with Crippen LogP contribution in [0, 0.1) is 11.3 Å². The van der Waals surface area contributed by atoms with Crippen LogP contribution in [0.2, 0.25) is 0 Å². The average molecular weight is 479 g/mol. The largest absolute Gasteiger partial charge is 0.387 e. The quantitative estimate of drug-likeness (QED) is 0.477. The molecule has 9 nitrogen and oxygen atoms in total. The summed E-state index contributed by atoms with van der Waals surface area (Å²) in [5.41, 5.74) is 1.78. The van der Waals surface area contributed by atoms with Crippen LogP contribution in [0.4, 0.5) is 10.1 Å². The second-order valence-electron chi connectivity index (χ2n) is 9.72. The molecule has 0 aromatic carbocycles. The Labute approximate surface area is 201 Å². The third kappa shape index (κ3) is 4.57. The number of nitrogens with zero attached hydrogens (tertiary/aromatic N) is 4. The summed E-state index contributed by atoms with van der Waals surface area (Å²) in [6.45, 7) is 2.39. The number of aromatic nitrogens is 3. The molecule has 0 unspecified atom stereocenters. The zero-order valence-corrected chi connectivity index (χ0v) is 19.5. The van der Waals surface area contributed by atoms with E-state index in [1.54, 1.807) is 16.6 Å². The Morgan fingerprint density at radius 1 is 1.37 bits per heavy atom. The number of nitrogens with one attached hydrogen (secondary N) is 2. The summed E-state index contributed by atoms with van der Waals surface area (Å²) in [5, 5.41) is 29.4. The molecule has 3 aromatic rings. The molecule has 5 rings (SSSR count). The molecular formula is C25H27FN6O3. The molecule has 0 radical (unpaired) electrons. The van der Waals surface area contributed by atoms with E-state index in [-0.39, 0.29) is 30.4 Å². The standard InChI is InChI=1S/C25H27FN6O3/c1-25(2,34)23(26)13-29-24(33)17-12-28-19(9-18(17)31-20-8-16-4-6-22(20)35-16)21-5-3-15-7-14(10-27)11-30-32(15)21/h3,5,7,9,11-12,16,20,22-23,34H,4,6,8,13H2,1-2H3,(H,28,31)(H,29,33)/t16-,20-,22+,23-/m1/s1. The minimum atomic E-state index is -1.62. The fourth-order valence-corrected chi connectivity index (χ4v) is 4.67. The summed E-state index contributed by atoms with van der Waals surface area (Å²) < 4.78 is 21.9. The number of aliphatic hydroxyl groups is 1. The van der Waals surface area contributed by atoms with E-state index in [0.717, 1.165) is 24.8 Å². The molecular weight excluding hydrogens is 451 g/mol. The number of ether oxygens (including phenoxy) is 1. The summed E-state index contributed by atoms with van der Waals surface area (Å²) in [7, 11) is 0. The number of anilines is 1. The van der Waals surface area contributed by atoms with E-state index in [9.17, 15) is 14.3 Å². The van der Waals surface area contributed by atoms with E-state index in [0.29, 0.717) is 22.6 Å². The fourth-order valence-electron chi connectivity index (χ4n) is 4.67. The van der Waals surface area contributed by atoms with Crippen LogP contribution >= 0.6 is 0 Å². The molecule has 2 aliphatic rings. The molecule has 5 heterocycles.